The van der Waals surface area contributed by atoms with Gasteiger partial charge in [-0.1, -0.05) is 48.5 Å². The van der Waals surface area contributed by atoms with Crippen LogP contribution >= 0.6 is 0 Å². The largest absolute Gasteiger partial charge is 0.481 e. The number of carbonyl (C=O) groups is 5. The predicted molar refractivity (Wildman–Crippen MR) is 149 cm³/mol. The van der Waals surface area contributed by atoms with E-state index in [1.165, 1.54) is 4.90 Å². The van der Waals surface area contributed by atoms with E-state index in [2.05, 4.69) is 15.6 Å². The van der Waals surface area contributed by atoms with Crippen LogP contribution in [-0.2, 0) is 36.8 Å². The molecule has 216 valence electrons. The normalized spacial score (nSPS) is 17.0. The number of carboxylic acids is 2. The van der Waals surface area contributed by atoms with Crippen molar-refractivity contribution < 1.29 is 34.2 Å². The number of aromatic amines is 1. The van der Waals surface area contributed by atoms with Crippen molar-refractivity contribution in [1.82, 2.24) is 20.5 Å². The number of nitrogens with one attached hydrogen (secondary N) is 3. The second kappa shape index (κ2) is 13.1. The van der Waals surface area contributed by atoms with Crippen LogP contribution < -0.4 is 16.4 Å². The van der Waals surface area contributed by atoms with Crippen LogP contribution in [0.25, 0.3) is 10.9 Å². The van der Waals surface area contributed by atoms with E-state index < -0.39 is 60.2 Å². The van der Waals surface area contributed by atoms with Gasteiger partial charge in [-0.15, -0.1) is 0 Å². The summed E-state index contributed by atoms with van der Waals surface area (Å²) in [6.45, 7) is 0.247. The van der Waals surface area contributed by atoms with Gasteiger partial charge in [-0.25, -0.2) is 4.79 Å². The molecule has 4 rings (SSSR count). The molecule has 1 fully saturated rings. The molecule has 3 amide bonds. The molecule has 1 aliphatic heterocycles. The zero-order chi connectivity index (χ0) is 29.5. The van der Waals surface area contributed by atoms with Gasteiger partial charge in [0.2, 0.25) is 17.7 Å². The number of fused-ring (bicyclic) bond motifs is 1. The number of nitrogens with two attached hydrogens (primary N) is 1. The Morgan fingerprint density at radius 1 is 0.927 bits per heavy atom. The standard InChI is InChI=1S/C29H33N5O7/c30-20(15-25(35)36)26(37)32-22(14-18-16-31-21-10-5-4-9-19(18)21)27(38)33-23(13-17-7-2-1-3-8-17)28(39)34-12-6-11-24(34)29(40)41/h1-5,7-10,16,20,22-24,31H,6,11-15,30H2,(H,32,37)(H,33,38)(H,35,36)(H,40,41). The Kier molecular flexibility index (Phi) is 9.35. The number of amides is 3. The number of likely N-dealkylation sites (tertiary alicyclic amines) is 1. The summed E-state index contributed by atoms with van der Waals surface area (Å²) in [6, 6.07) is 11.7. The molecule has 0 spiro atoms. The van der Waals surface area contributed by atoms with E-state index in [0.29, 0.717) is 18.4 Å². The van der Waals surface area contributed by atoms with E-state index in [1.807, 2.05) is 30.3 Å². The second-order valence-electron chi connectivity index (χ2n) is 10.1. The van der Waals surface area contributed by atoms with E-state index in [4.69, 9.17) is 10.8 Å². The van der Waals surface area contributed by atoms with E-state index in [0.717, 1.165) is 16.5 Å². The molecule has 0 radical (unpaired) electrons. The molecule has 12 nitrogen and oxygen atoms in total. The molecule has 0 aliphatic carbocycles. The third-order valence-corrected chi connectivity index (χ3v) is 7.18. The van der Waals surface area contributed by atoms with Gasteiger partial charge in [-0.2, -0.15) is 0 Å². The Morgan fingerprint density at radius 2 is 1.61 bits per heavy atom. The van der Waals surface area contributed by atoms with Crippen LogP contribution in [0, 0.1) is 0 Å². The first-order chi connectivity index (χ1) is 19.6. The van der Waals surface area contributed by atoms with Gasteiger partial charge in [0.25, 0.3) is 0 Å². The van der Waals surface area contributed by atoms with Crippen molar-refractivity contribution in [3.8, 4) is 0 Å². The Labute approximate surface area is 235 Å². The summed E-state index contributed by atoms with van der Waals surface area (Å²) in [7, 11) is 0. The molecule has 1 saturated heterocycles. The van der Waals surface area contributed by atoms with Crippen LogP contribution in [0.2, 0.25) is 0 Å². The second-order valence-corrected chi connectivity index (χ2v) is 10.1. The molecule has 4 atom stereocenters. The lowest BCUT2D eigenvalue weighted by Gasteiger charge is -2.29. The van der Waals surface area contributed by atoms with Gasteiger partial charge >= 0.3 is 11.9 Å². The van der Waals surface area contributed by atoms with E-state index in [9.17, 15) is 29.1 Å². The molecule has 1 aromatic heterocycles. The highest BCUT2D eigenvalue weighted by molar-refractivity contribution is 5.95. The van der Waals surface area contributed by atoms with Crippen molar-refractivity contribution in [2.75, 3.05) is 6.54 Å². The van der Waals surface area contributed by atoms with Crippen LogP contribution in [0.3, 0.4) is 0 Å². The fraction of sp³-hybridized carbons (Fsp3) is 0.345. The molecule has 41 heavy (non-hydrogen) atoms. The lowest BCUT2D eigenvalue weighted by molar-refractivity contribution is -0.149. The summed E-state index contributed by atoms with van der Waals surface area (Å²) in [4.78, 5) is 67.5. The van der Waals surface area contributed by atoms with Crippen LogP contribution in [0.1, 0.15) is 30.4 Å². The Bertz CT molecular complexity index is 1420. The molecule has 7 N–H and O–H groups in total. The predicted octanol–water partition coefficient (Wildman–Crippen LogP) is 0.800. The maximum atomic E-state index is 13.7. The Hall–Kier alpha value is -4.71. The third-order valence-electron chi connectivity index (χ3n) is 7.18. The fourth-order valence-electron chi connectivity index (χ4n) is 5.10. The first-order valence-electron chi connectivity index (χ1n) is 13.3. The van der Waals surface area contributed by atoms with Crippen molar-refractivity contribution in [3.63, 3.8) is 0 Å². The highest BCUT2D eigenvalue weighted by atomic mass is 16.4. The molecule has 4 unspecified atom stereocenters. The van der Waals surface area contributed by atoms with Gasteiger partial charge in [-0.05, 0) is 30.0 Å². The lowest BCUT2D eigenvalue weighted by atomic mass is 10.0. The molecule has 0 bridgehead atoms. The molecule has 2 heterocycles. The Balaban J connectivity index is 1.61. The Morgan fingerprint density at radius 3 is 2.32 bits per heavy atom. The highest BCUT2D eigenvalue weighted by Crippen LogP contribution is 2.21. The summed E-state index contributed by atoms with van der Waals surface area (Å²) in [6.07, 6.45) is 2.04. The van der Waals surface area contributed by atoms with Crippen molar-refractivity contribution in [3.05, 3.63) is 71.9 Å². The molecular weight excluding hydrogens is 530 g/mol. The number of aromatic nitrogens is 1. The van der Waals surface area contributed by atoms with E-state index in [1.54, 1.807) is 30.5 Å². The summed E-state index contributed by atoms with van der Waals surface area (Å²) in [5, 5.41) is 24.8. The number of carbonyl (C=O) groups excluding carboxylic acids is 3. The minimum atomic E-state index is -1.39. The summed E-state index contributed by atoms with van der Waals surface area (Å²) >= 11 is 0. The van der Waals surface area contributed by atoms with Crippen molar-refractivity contribution in [2.24, 2.45) is 5.73 Å². The quantitative estimate of drug-likeness (QED) is 0.186. The number of hydrogen-bond donors (Lipinski definition) is 6. The van der Waals surface area contributed by atoms with Crippen LogP contribution in [0.15, 0.2) is 60.8 Å². The van der Waals surface area contributed by atoms with E-state index in [-0.39, 0.29) is 19.4 Å². The average Bonchev–Trinajstić information content (AvgIpc) is 3.60. The number of para-hydroxylation sites is 1. The maximum Gasteiger partial charge on any atom is 0.326 e. The lowest BCUT2D eigenvalue weighted by Crippen LogP contribution is -2.58. The summed E-state index contributed by atoms with van der Waals surface area (Å²) < 4.78 is 0. The SMILES string of the molecule is NC(CC(=O)O)C(=O)NC(Cc1c[nH]c2ccccc12)C(=O)NC(Cc1ccccc1)C(=O)N1CCCC1C(=O)O. The zero-order valence-electron chi connectivity index (χ0n) is 22.3. The van der Waals surface area contributed by atoms with Crippen LogP contribution in [-0.4, -0.2) is 80.5 Å². The summed E-state index contributed by atoms with van der Waals surface area (Å²) in [5.41, 5.74) is 8.04. The van der Waals surface area contributed by atoms with Crippen LogP contribution in [0.4, 0.5) is 0 Å². The topological polar surface area (TPSA) is 195 Å². The van der Waals surface area contributed by atoms with Gasteiger partial charge in [0.1, 0.15) is 18.1 Å². The van der Waals surface area contributed by atoms with Gasteiger partial charge in [-0.3, -0.25) is 19.2 Å². The minimum Gasteiger partial charge on any atom is -0.481 e. The number of aliphatic carboxylic acids is 2. The zero-order valence-corrected chi connectivity index (χ0v) is 22.3. The van der Waals surface area contributed by atoms with Gasteiger partial charge < -0.3 is 36.5 Å². The molecular formula is C29H33N5O7. The van der Waals surface area contributed by atoms with Gasteiger partial charge in [0.15, 0.2) is 0 Å². The van der Waals surface area contributed by atoms with Gasteiger partial charge in [0.05, 0.1) is 12.5 Å². The number of benzene rings is 2. The minimum absolute atomic E-state index is 0.0229. The number of hydrogen-bond acceptors (Lipinski definition) is 6. The van der Waals surface area contributed by atoms with Crippen molar-refractivity contribution in [2.45, 2.75) is 56.3 Å². The fourth-order valence-corrected chi connectivity index (χ4v) is 5.10. The number of carboxylic acid groups (broad SMARTS) is 2. The molecule has 2 aromatic carbocycles. The summed E-state index contributed by atoms with van der Waals surface area (Å²) in [5.74, 6) is -4.43. The monoisotopic (exact) mass is 563 g/mol. The maximum absolute atomic E-state index is 13.7. The first kappa shape index (κ1) is 29.3. The third kappa shape index (κ3) is 7.28. The average molecular weight is 564 g/mol. The number of H-pyrrole nitrogens is 1. The van der Waals surface area contributed by atoms with Crippen LogP contribution in [0.5, 0.6) is 0 Å². The number of nitrogens with zero attached hydrogens (tertiary/aromatic N) is 1. The van der Waals surface area contributed by atoms with Gasteiger partial charge in [0, 0.05) is 36.5 Å². The van der Waals surface area contributed by atoms with E-state index >= 15 is 0 Å². The molecule has 12 heteroatoms. The van der Waals surface area contributed by atoms with Crippen molar-refractivity contribution >= 4 is 40.6 Å². The first-order valence-corrected chi connectivity index (χ1v) is 13.3. The number of rotatable bonds is 12. The highest BCUT2D eigenvalue weighted by Gasteiger charge is 2.38. The van der Waals surface area contributed by atoms with Crippen molar-refractivity contribution in [1.29, 1.82) is 0 Å². The molecule has 3 aromatic rings. The molecule has 0 saturated carbocycles. The molecule has 1 aliphatic rings. The smallest absolute Gasteiger partial charge is 0.326 e.